The lowest BCUT2D eigenvalue weighted by Gasteiger charge is -2.14. The minimum absolute atomic E-state index is 0.0560. The quantitative estimate of drug-likeness (QED) is 0.803. The van der Waals surface area contributed by atoms with Crippen molar-refractivity contribution in [2.75, 3.05) is 5.32 Å². The van der Waals surface area contributed by atoms with Crippen LogP contribution in [0.1, 0.15) is 30.1 Å². The van der Waals surface area contributed by atoms with Gasteiger partial charge in [0.05, 0.1) is 11.3 Å². The summed E-state index contributed by atoms with van der Waals surface area (Å²) in [5.41, 5.74) is 0.182. The number of carbonyl (C=O) groups excluding carboxylic acids is 1. The summed E-state index contributed by atoms with van der Waals surface area (Å²) in [6.07, 6.45) is 1.89. The Labute approximate surface area is 113 Å². The van der Waals surface area contributed by atoms with E-state index in [1.807, 2.05) is 6.92 Å². The Morgan fingerprint density at radius 2 is 2.06 bits per heavy atom. The van der Waals surface area contributed by atoms with Crippen LogP contribution in [0.4, 0.5) is 10.5 Å². The predicted octanol–water partition coefficient (Wildman–Crippen LogP) is 2.82. The van der Waals surface area contributed by atoms with Gasteiger partial charge in [0, 0.05) is 10.0 Å². The maximum absolute atomic E-state index is 11.8. The topological polar surface area (TPSA) is 78.4 Å². The summed E-state index contributed by atoms with van der Waals surface area (Å²) in [7, 11) is 0. The molecule has 0 spiro atoms. The van der Waals surface area contributed by atoms with Crippen LogP contribution in [0.3, 0.4) is 0 Å². The lowest BCUT2D eigenvalue weighted by atomic mass is 10.2. The molecule has 0 heterocycles. The van der Waals surface area contributed by atoms with E-state index in [9.17, 15) is 9.59 Å². The standard InChI is InChI=1S/C12H13BrN2O3/c1-12(5-6-12)15-11(18)14-9-7(10(16)17)3-2-4-8(9)13/h2-4H,5-6H2,1H3,(H,16,17)(H2,14,15,18). The van der Waals surface area contributed by atoms with Crippen molar-refractivity contribution in [1.29, 1.82) is 0 Å². The number of nitrogens with one attached hydrogen (secondary N) is 2. The lowest BCUT2D eigenvalue weighted by Crippen LogP contribution is -2.38. The van der Waals surface area contributed by atoms with Crippen LogP contribution >= 0.6 is 15.9 Å². The third-order valence-electron chi connectivity index (χ3n) is 2.90. The highest BCUT2D eigenvalue weighted by molar-refractivity contribution is 9.10. The molecule has 1 aromatic carbocycles. The lowest BCUT2D eigenvalue weighted by molar-refractivity contribution is 0.0698. The maximum Gasteiger partial charge on any atom is 0.337 e. The fourth-order valence-electron chi connectivity index (χ4n) is 1.56. The van der Waals surface area contributed by atoms with E-state index in [1.54, 1.807) is 12.1 Å². The van der Waals surface area contributed by atoms with E-state index in [-0.39, 0.29) is 22.8 Å². The highest BCUT2D eigenvalue weighted by atomic mass is 79.9. The van der Waals surface area contributed by atoms with Crippen molar-refractivity contribution < 1.29 is 14.7 Å². The third-order valence-corrected chi connectivity index (χ3v) is 3.56. The van der Waals surface area contributed by atoms with E-state index >= 15 is 0 Å². The number of hydrogen-bond acceptors (Lipinski definition) is 2. The predicted molar refractivity (Wildman–Crippen MR) is 70.9 cm³/mol. The van der Waals surface area contributed by atoms with E-state index in [1.165, 1.54) is 6.07 Å². The molecule has 1 aliphatic rings. The summed E-state index contributed by atoms with van der Waals surface area (Å²) in [4.78, 5) is 22.8. The molecule has 0 bridgehead atoms. The van der Waals surface area contributed by atoms with Crippen molar-refractivity contribution in [2.45, 2.75) is 25.3 Å². The average Bonchev–Trinajstić information content (AvgIpc) is 2.98. The number of carbonyl (C=O) groups is 2. The Bertz CT molecular complexity index is 512. The van der Waals surface area contributed by atoms with Crippen molar-refractivity contribution in [3.8, 4) is 0 Å². The Balaban J connectivity index is 2.17. The molecule has 5 nitrogen and oxygen atoms in total. The summed E-state index contributed by atoms with van der Waals surface area (Å²) in [5.74, 6) is -1.08. The Morgan fingerprint density at radius 3 is 2.61 bits per heavy atom. The van der Waals surface area contributed by atoms with Gasteiger partial charge in [0.1, 0.15) is 0 Å². The zero-order chi connectivity index (χ0) is 13.3. The fourth-order valence-corrected chi connectivity index (χ4v) is 2.03. The second kappa shape index (κ2) is 4.61. The van der Waals surface area contributed by atoms with Gasteiger partial charge in [-0.15, -0.1) is 0 Å². The number of amides is 2. The van der Waals surface area contributed by atoms with Crippen LogP contribution in [-0.4, -0.2) is 22.6 Å². The van der Waals surface area contributed by atoms with Crippen molar-refractivity contribution in [1.82, 2.24) is 5.32 Å². The molecule has 0 saturated heterocycles. The summed E-state index contributed by atoms with van der Waals surface area (Å²) in [6, 6.07) is 4.35. The number of urea groups is 1. The molecule has 1 aliphatic carbocycles. The SMILES string of the molecule is CC1(NC(=O)Nc2c(Br)cccc2C(=O)O)CC1. The van der Waals surface area contributed by atoms with E-state index in [4.69, 9.17) is 5.11 Å². The van der Waals surface area contributed by atoms with Gasteiger partial charge < -0.3 is 15.7 Å². The number of carboxylic acids is 1. The van der Waals surface area contributed by atoms with Gasteiger partial charge in [-0.2, -0.15) is 0 Å². The number of anilines is 1. The molecule has 0 atom stereocenters. The summed E-state index contributed by atoms with van der Waals surface area (Å²) < 4.78 is 0.540. The number of aromatic carboxylic acids is 1. The number of carboxylic acid groups (broad SMARTS) is 1. The van der Waals surface area contributed by atoms with Crippen molar-refractivity contribution >= 4 is 33.6 Å². The van der Waals surface area contributed by atoms with Crippen LogP contribution in [-0.2, 0) is 0 Å². The smallest absolute Gasteiger partial charge is 0.337 e. The Morgan fingerprint density at radius 1 is 1.39 bits per heavy atom. The number of hydrogen-bond donors (Lipinski definition) is 3. The molecule has 96 valence electrons. The highest BCUT2D eigenvalue weighted by Crippen LogP contribution is 2.34. The molecular formula is C12H13BrN2O3. The van der Waals surface area contributed by atoms with Gasteiger partial charge in [0.15, 0.2) is 0 Å². The van der Waals surface area contributed by atoms with Crippen LogP contribution in [0, 0.1) is 0 Å². The molecule has 1 fully saturated rings. The van der Waals surface area contributed by atoms with Crippen molar-refractivity contribution in [3.63, 3.8) is 0 Å². The second-order valence-corrected chi connectivity index (χ2v) is 5.46. The van der Waals surface area contributed by atoms with Gasteiger partial charge >= 0.3 is 12.0 Å². The van der Waals surface area contributed by atoms with E-state index in [0.717, 1.165) is 12.8 Å². The monoisotopic (exact) mass is 312 g/mol. The number of halogens is 1. The molecule has 1 aromatic rings. The van der Waals surface area contributed by atoms with Crippen molar-refractivity contribution in [2.24, 2.45) is 0 Å². The Hall–Kier alpha value is -1.56. The van der Waals surface area contributed by atoms with Gasteiger partial charge in [-0.3, -0.25) is 0 Å². The maximum atomic E-state index is 11.8. The van der Waals surface area contributed by atoms with E-state index in [0.29, 0.717) is 4.47 Å². The number of para-hydroxylation sites is 1. The molecule has 2 rings (SSSR count). The third kappa shape index (κ3) is 2.81. The molecule has 6 heteroatoms. The number of rotatable bonds is 3. The second-order valence-electron chi connectivity index (χ2n) is 4.61. The molecule has 2 amide bonds. The largest absolute Gasteiger partial charge is 0.478 e. The zero-order valence-corrected chi connectivity index (χ0v) is 11.4. The van der Waals surface area contributed by atoms with E-state index < -0.39 is 5.97 Å². The van der Waals surface area contributed by atoms with E-state index in [2.05, 4.69) is 26.6 Å². The Kier molecular flexibility index (Phi) is 3.30. The highest BCUT2D eigenvalue weighted by Gasteiger charge is 2.38. The molecule has 1 saturated carbocycles. The summed E-state index contributed by atoms with van der Waals surface area (Å²) in [5, 5.41) is 14.4. The minimum Gasteiger partial charge on any atom is -0.478 e. The first-order chi connectivity index (χ1) is 8.41. The zero-order valence-electron chi connectivity index (χ0n) is 9.79. The van der Waals surface area contributed by atoms with Crippen molar-refractivity contribution in [3.05, 3.63) is 28.2 Å². The molecule has 0 aromatic heterocycles. The van der Waals surface area contributed by atoms with Gasteiger partial charge in [0.25, 0.3) is 0 Å². The van der Waals surface area contributed by atoms with Gasteiger partial charge in [-0.25, -0.2) is 9.59 Å². The normalized spacial score (nSPS) is 15.9. The fraction of sp³-hybridized carbons (Fsp3) is 0.333. The molecule has 0 aliphatic heterocycles. The molecule has 18 heavy (non-hydrogen) atoms. The van der Waals surface area contributed by atoms with Crippen LogP contribution < -0.4 is 10.6 Å². The summed E-state index contributed by atoms with van der Waals surface area (Å²) >= 11 is 3.23. The molecule has 0 unspecified atom stereocenters. The molecule has 0 radical (unpaired) electrons. The van der Waals surface area contributed by atoms with Gasteiger partial charge in [-0.05, 0) is 47.8 Å². The minimum atomic E-state index is -1.08. The average molecular weight is 313 g/mol. The van der Waals surface area contributed by atoms with Crippen LogP contribution in [0.5, 0.6) is 0 Å². The molecule has 3 N–H and O–H groups in total. The molecular weight excluding hydrogens is 300 g/mol. The van der Waals surface area contributed by atoms with Crippen LogP contribution in [0.2, 0.25) is 0 Å². The first-order valence-corrected chi connectivity index (χ1v) is 6.31. The van der Waals surface area contributed by atoms with Gasteiger partial charge in [0.2, 0.25) is 0 Å². The van der Waals surface area contributed by atoms with Crippen LogP contribution in [0.25, 0.3) is 0 Å². The van der Waals surface area contributed by atoms with Gasteiger partial charge in [-0.1, -0.05) is 6.07 Å². The summed E-state index contributed by atoms with van der Waals surface area (Å²) in [6.45, 7) is 1.95. The van der Waals surface area contributed by atoms with Crippen LogP contribution in [0.15, 0.2) is 22.7 Å². The number of benzene rings is 1. The first kappa shape index (κ1) is 12.9. The first-order valence-electron chi connectivity index (χ1n) is 5.52.